The first kappa shape index (κ1) is 12.9. The number of pyridine rings is 1. The molecule has 1 aromatic heterocycles. The summed E-state index contributed by atoms with van der Waals surface area (Å²) in [5, 5.41) is 3.33. The average molecular weight is 224 g/mol. The Morgan fingerprint density at radius 1 is 1.44 bits per heavy atom. The maximum absolute atomic E-state index is 5.50. The van der Waals surface area contributed by atoms with E-state index >= 15 is 0 Å². The monoisotopic (exact) mass is 224 g/mol. The first-order valence-electron chi connectivity index (χ1n) is 5.53. The van der Waals surface area contributed by atoms with Gasteiger partial charge in [-0.25, -0.2) is 0 Å². The maximum Gasteiger partial charge on any atom is 0.137 e. The summed E-state index contributed by atoms with van der Waals surface area (Å²) >= 11 is 0. The molecule has 0 bridgehead atoms. The zero-order chi connectivity index (χ0) is 11.8. The molecule has 0 aliphatic heterocycles. The van der Waals surface area contributed by atoms with Gasteiger partial charge in [0, 0.05) is 25.9 Å². The zero-order valence-electron chi connectivity index (χ0n) is 10.1. The standard InChI is InChI=1S/C12H20N2O2/c1-10(11(2)15-3)14-7-8-16-12-5-4-6-13-9-12/h4-6,9-11,14H,7-8H2,1-3H3. The van der Waals surface area contributed by atoms with Crippen molar-refractivity contribution in [3.63, 3.8) is 0 Å². The number of hydrogen-bond donors (Lipinski definition) is 1. The second kappa shape index (κ2) is 7.19. The predicted octanol–water partition coefficient (Wildman–Crippen LogP) is 1.47. The Bertz CT molecular complexity index is 280. The normalized spacial score (nSPS) is 14.4. The molecule has 0 radical (unpaired) electrons. The Labute approximate surface area is 97.0 Å². The van der Waals surface area contributed by atoms with Crippen molar-refractivity contribution >= 4 is 0 Å². The second-order valence-corrected chi connectivity index (χ2v) is 3.72. The molecule has 90 valence electrons. The summed E-state index contributed by atoms with van der Waals surface area (Å²) in [6, 6.07) is 4.08. The molecule has 2 unspecified atom stereocenters. The van der Waals surface area contributed by atoms with Gasteiger partial charge in [0.2, 0.25) is 0 Å². The molecule has 2 atom stereocenters. The fraction of sp³-hybridized carbons (Fsp3) is 0.583. The van der Waals surface area contributed by atoms with Crippen LogP contribution in [0.4, 0.5) is 0 Å². The lowest BCUT2D eigenvalue weighted by atomic mass is 10.2. The van der Waals surface area contributed by atoms with Crippen LogP contribution in [0.15, 0.2) is 24.5 Å². The molecule has 0 aromatic carbocycles. The van der Waals surface area contributed by atoms with Crippen molar-refractivity contribution in [2.75, 3.05) is 20.3 Å². The minimum absolute atomic E-state index is 0.207. The lowest BCUT2D eigenvalue weighted by molar-refractivity contribution is 0.0873. The molecule has 0 saturated heterocycles. The van der Waals surface area contributed by atoms with Crippen LogP contribution in [-0.4, -0.2) is 37.4 Å². The average Bonchev–Trinajstić information content (AvgIpc) is 2.34. The summed E-state index contributed by atoms with van der Waals surface area (Å²) < 4.78 is 10.7. The van der Waals surface area contributed by atoms with Crippen LogP contribution in [0.1, 0.15) is 13.8 Å². The first-order chi connectivity index (χ1) is 7.74. The van der Waals surface area contributed by atoms with Crippen molar-refractivity contribution in [2.24, 2.45) is 0 Å². The van der Waals surface area contributed by atoms with E-state index in [4.69, 9.17) is 9.47 Å². The van der Waals surface area contributed by atoms with Gasteiger partial charge in [-0.3, -0.25) is 4.98 Å². The quantitative estimate of drug-likeness (QED) is 0.712. The number of methoxy groups -OCH3 is 1. The predicted molar refractivity (Wildman–Crippen MR) is 63.7 cm³/mol. The van der Waals surface area contributed by atoms with Crippen molar-refractivity contribution in [1.82, 2.24) is 10.3 Å². The summed E-state index contributed by atoms with van der Waals surface area (Å²) in [6.45, 7) is 5.56. The first-order valence-corrected chi connectivity index (χ1v) is 5.53. The molecule has 1 N–H and O–H groups in total. The van der Waals surface area contributed by atoms with Gasteiger partial charge in [0.05, 0.1) is 12.3 Å². The third kappa shape index (κ3) is 4.59. The molecule has 0 fully saturated rings. The summed E-state index contributed by atoms with van der Waals surface area (Å²) in [6.07, 6.45) is 3.65. The Morgan fingerprint density at radius 2 is 2.25 bits per heavy atom. The summed E-state index contributed by atoms with van der Waals surface area (Å²) in [5.74, 6) is 0.803. The van der Waals surface area contributed by atoms with Crippen molar-refractivity contribution in [1.29, 1.82) is 0 Å². The third-order valence-corrected chi connectivity index (χ3v) is 2.55. The molecule has 0 aliphatic rings. The number of nitrogens with zero attached hydrogens (tertiary/aromatic N) is 1. The number of rotatable bonds is 7. The van der Waals surface area contributed by atoms with Gasteiger partial charge < -0.3 is 14.8 Å². The zero-order valence-corrected chi connectivity index (χ0v) is 10.1. The van der Waals surface area contributed by atoms with E-state index < -0.39 is 0 Å². The van der Waals surface area contributed by atoms with E-state index in [0.717, 1.165) is 12.3 Å². The minimum atomic E-state index is 0.207. The smallest absolute Gasteiger partial charge is 0.137 e. The SMILES string of the molecule is COC(C)C(C)NCCOc1cccnc1. The van der Waals surface area contributed by atoms with Crippen LogP contribution in [-0.2, 0) is 4.74 Å². The van der Waals surface area contributed by atoms with E-state index in [-0.39, 0.29) is 6.10 Å². The fourth-order valence-electron chi connectivity index (χ4n) is 1.26. The maximum atomic E-state index is 5.50. The van der Waals surface area contributed by atoms with Gasteiger partial charge in [0.1, 0.15) is 12.4 Å². The van der Waals surface area contributed by atoms with Gasteiger partial charge in [-0.2, -0.15) is 0 Å². The van der Waals surface area contributed by atoms with E-state index in [9.17, 15) is 0 Å². The topological polar surface area (TPSA) is 43.4 Å². The Balaban J connectivity index is 2.13. The molecule has 16 heavy (non-hydrogen) atoms. The Morgan fingerprint density at radius 3 is 2.88 bits per heavy atom. The molecule has 1 rings (SSSR count). The highest BCUT2D eigenvalue weighted by molar-refractivity contribution is 5.15. The molecule has 1 aromatic rings. The van der Waals surface area contributed by atoms with E-state index in [0.29, 0.717) is 12.6 Å². The number of ether oxygens (including phenoxy) is 2. The van der Waals surface area contributed by atoms with Gasteiger partial charge >= 0.3 is 0 Å². The molecular weight excluding hydrogens is 204 g/mol. The van der Waals surface area contributed by atoms with Crippen molar-refractivity contribution in [3.05, 3.63) is 24.5 Å². The molecule has 4 heteroatoms. The van der Waals surface area contributed by atoms with Crippen LogP contribution in [0.5, 0.6) is 5.75 Å². The van der Waals surface area contributed by atoms with Crippen LogP contribution in [0.3, 0.4) is 0 Å². The van der Waals surface area contributed by atoms with Gasteiger partial charge in [-0.1, -0.05) is 0 Å². The van der Waals surface area contributed by atoms with Crippen LogP contribution < -0.4 is 10.1 Å². The minimum Gasteiger partial charge on any atom is -0.491 e. The fourth-order valence-corrected chi connectivity index (χ4v) is 1.26. The number of hydrogen-bond acceptors (Lipinski definition) is 4. The lowest BCUT2D eigenvalue weighted by Crippen LogP contribution is -2.38. The summed E-state index contributed by atoms with van der Waals surface area (Å²) in [4.78, 5) is 3.97. The highest BCUT2D eigenvalue weighted by atomic mass is 16.5. The molecule has 0 spiro atoms. The largest absolute Gasteiger partial charge is 0.491 e. The summed E-state index contributed by atoms with van der Waals surface area (Å²) in [7, 11) is 1.72. The van der Waals surface area contributed by atoms with Crippen LogP contribution in [0.25, 0.3) is 0 Å². The van der Waals surface area contributed by atoms with Gasteiger partial charge in [0.25, 0.3) is 0 Å². The van der Waals surface area contributed by atoms with Crippen molar-refractivity contribution < 1.29 is 9.47 Å². The lowest BCUT2D eigenvalue weighted by Gasteiger charge is -2.19. The Hall–Kier alpha value is -1.13. The van der Waals surface area contributed by atoms with Crippen molar-refractivity contribution in [2.45, 2.75) is 26.0 Å². The van der Waals surface area contributed by atoms with Crippen molar-refractivity contribution in [3.8, 4) is 5.75 Å². The molecule has 1 heterocycles. The Kier molecular flexibility index (Phi) is 5.82. The highest BCUT2D eigenvalue weighted by Gasteiger charge is 2.09. The van der Waals surface area contributed by atoms with Gasteiger partial charge in [0.15, 0.2) is 0 Å². The number of aromatic nitrogens is 1. The van der Waals surface area contributed by atoms with E-state index in [2.05, 4.69) is 17.2 Å². The second-order valence-electron chi connectivity index (χ2n) is 3.72. The summed E-state index contributed by atoms with van der Waals surface area (Å²) in [5.41, 5.74) is 0. The highest BCUT2D eigenvalue weighted by Crippen LogP contribution is 2.05. The van der Waals surface area contributed by atoms with E-state index in [1.54, 1.807) is 19.5 Å². The number of nitrogens with one attached hydrogen (secondary N) is 1. The van der Waals surface area contributed by atoms with Crippen LogP contribution >= 0.6 is 0 Å². The van der Waals surface area contributed by atoms with Crippen LogP contribution in [0, 0.1) is 0 Å². The van der Waals surface area contributed by atoms with E-state index in [1.807, 2.05) is 19.1 Å². The van der Waals surface area contributed by atoms with E-state index in [1.165, 1.54) is 0 Å². The molecule has 0 saturated carbocycles. The molecule has 4 nitrogen and oxygen atoms in total. The third-order valence-electron chi connectivity index (χ3n) is 2.55. The molecule has 0 aliphatic carbocycles. The van der Waals surface area contributed by atoms with Gasteiger partial charge in [-0.05, 0) is 26.0 Å². The molecule has 0 amide bonds. The molecular formula is C12H20N2O2. The van der Waals surface area contributed by atoms with Crippen LogP contribution in [0.2, 0.25) is 0 Å². The van der Waals surface area contributed by atoms with Gasteiger partial charge in [-0.15, -0.1) is 0 Å².